The van der Waals surface area contributed by atoms with Gasteiger partial charge < -0.3 is 4.90 Å². The molecular weight excluding hydrogens is 228 g/mol. The maximum absolute atomic E-state index is 11.8. The van der Waals surface area contributed by atoms with E-state index in [0.29, 0.717) is 12.8 Å². The molecule has 1 atom stereocenters. The number of rotatable bonds is 3. The SMILES string of the molecule is CN1C(=O)CC(Cc2cccc(N(C)C)c2)C1=O. The predicted octanol–water partition coefficient (Wildman–Crippen LogP) is 1.30. The van der Waals surface area contributed by atoms with Gasteiger partial charge in [0.05, 0.1) is 5.92 Å². The van der Waals surface area contributed by atoms with Gasteiger partial charge >= 0.3 is 0 Å². The molecule has 18 heavy (non-hydrogen) atoms. The molecule has 0 radical (unpaired) electrons. The van der Waals surface area contributed by atoms with Crippen LogP contribution in [0.15, 0.2) is 24.3 Å². The Balaban J connectivity index is 2.13. The Morgan fingerprint density at radius 1 is 1.33 bits per heavy atom. The average molecular weight is 246 g/mol. The van der Waals surface area contributed by atoms with Crippen LogP contribution in [0.2, 0.25) is 0 Å². The topological polar surface area (TPSA) is 40.6 Å². The van der Waals surface area contributed by atoms with E-state index in [0.717, 1.165) is 11.3 Å². The minimum Gasteiger partial charge on any atom is -0.378 e. The smallest absolute Gasteiger partial charge is 0.232 e. The van der Waals surface area contributed by atoms with E-state index in [1.54, 1.807) is 7.05 Å². The summed E-state index contributed by atoms with van der Waals surface area (Å²) in [6.07, 6.45) is 0.970. The van der Waals surface area contributed by atoms with Gasteiger partial charge in [0, 0.05) is 33.3 Å². The highest BCUT2D eigenvalue weighted by atomic mass is 16.2. The molecule has 0 aliphatic carbocycles. The first kappa shape index (κ1) is 12.6. The highest BCUT2D eigenvalue weighted by Gasteiger charge is 2.35. The zero-order valence-corrected chi connectivity index (χ0v) is 11.0. The molecule has 0 saturated carbocycles. The summed E-state index contributed by atoms with van der Waals surface area (Å²) in [5.41, 5.74) is 2.21. The van der Waals surface area contributed by atoms with Gasteiger partial charge in [-0.2, -0.15) is 0 Å². The van der Waals surface area contributed by atoms with E-state index in [-0.39, 0.29) is 17.7 Å². The number of carbonyl (C=O) groups is 2. The van der Waals surface area contributed by atoms with E-state index < -0.39 is 0 Å². The normalized spacial score (nSPS) is 19.5. The molecule has 0 bridgehead atoms. The maximum atomic E-state index is 11.8. The van der Waals surface area contributed by atoms with Gasteiger partial charge in [-0.05, 0) is 24.1 Å². The second-order valence-corrected chi connectivity index (χ2v) is 4.96. The Hall–Kier alpha value is -1.84. The molecule has 1 aliphatic heterocycles. The van der Waals surface area contributed by atoms with Gasteiger partial charge in [-0.25, -0.2) is 0 Å². The summed E-state index contributed by atoms with van der Waals surface area (Å²) >= 11 is 0. The molecule has 1 aliphatic rings. The minimum atomic E-state index is -0.195. The summed E-state index contributed by atoms with van der Waals surface area (Å²) in [5.74, 6) is -0.330. The second kappa shape index (κ2) is 4.80. The Morgan fingerprint density at radius 2 is 2.06 bits per heavy atom. The first-order chi connectivity index (χ1) is 8.49. The molecule has 2 amide bonds. The first-order valence-corrected chi connectivity index (χ1v) is 6.05. The minimum absolute atomic E-state index is 0.0599. The number of nitrogens with zero attached hydrogens (tertiary/aromatic N) is 2. The molecule has 2 rings (SSSR count). The molecule has 96 valence electrons. The molecule has 1 heterocycles. The number of hydrogen-bond donors (Lipinski definition) is 0. The largest absolute Gasteiger partial charge is 0.378 e. The zero-order valence-electron chi connectivity index (χ0n) is 11.0. The maximum Gasteiger partial charge on any atom is 0.232 e. The fraction of sp³-hybridized carbons (Fsp3) is 0.429. The molecule has 4 nitrogen and oxygen atoms in total. The quantitative estimate of drug-likeness (QED) is 0.755. The Labute approximate surface area is 107 Å². The van der Waals surface area contributed by atoms with Crippen LogP contribution in [0, 0.1) is 5.92 Å². The highest BCUT2D eigenvalue weighted by Crippen LogP contribution is 2.24. The molecule has 1 fully saturated rings. The molecular formula is C14H18N2O2. The van der Waals surface area contributed by atoms with Crippen LogP contribution in [0.5, 0.6) is 0 Å². The second-order valence-electron chi connectivity index (χ2n) is 4.96. The van der Waals surface area contributed by atoms with Crippen LogP contribution in [0.25, 0.3) is 0 Å². The summed E-state index contributed by atoms with van der Waals surface area (Å²) in [5, 5.41) is 0. The molecule has 1 aromatic rings. The molecule has 1 unspecified atom stereocenters. The summed E-state index contributed by atoms with van der Waals surface area (Å²) in [7, 11) is 5.52. The van der Waals surface area contributed by atoms with E-state index in [2.05, 4.69) is 6.07 Å². The lowest BCUT2D eigenvalue weighted by Gasteiger charge is -2.14. The van der Waals surface area contributed by atoms with E-state index >= 15 is 0 Å². The summed E-state index contributed by atoms with van der Waals surface area (Å²) < 4.78 is 0. The number of carbonyl (C=O) groups excluding carboxylic acids is 2. The van der Waals surface area contributed by atoms with Crippen LogP contribution in [0.4, 0.5) is 5.69 Å². The lowest BCUT2D eigenvalue weighted by atomic mass is 9.97. The zero-order chi connectivity index (χ0) is 13.3. The molecule has 0 spiro atoms. The number of imide groups is 1. The van der Waals surface area contributed by atoms with Gasteiger partial charge in [-0.15, -0.1) is 0 Å². The van der Waals surface area contributed by atoms with Crippen LogP contribution in [-0.2, 0) is 16.0 Å². The van der Waals surface area contributed by atoms with Gasteiger partial charge in [0.15, 0.2) is 0 Å². The molecule has 1 saturated heterocycles. The highest BCUT2D eigenvalue weighted by molar-refractivity contribution is 6.03. The summed E-state index contributed by atoms with van der Waals surface area (Å²) in [6, 6.07) is 8.08. The number of amides is 2. The van der Waals surface area contributed by atoms with Crippen molar-refractivity contribution in [2.75, 3.05) is 26.0 Å². The van der Waals surface area contributed by atoms with Gasteiger partial charge in [0.25, 0.3) is 0 Å². The van der Waals surface area contributed by atoms with E-state index in [1.165, 1.54) is 4.90 Å². The van der Waals surface area contributed by atoms with Crippen molar-refractivity contribution in [3.05, 3.63) is 29.8 Å². The van der Waals surface area contributed by atoms with Crippen LogP contribution in [0.3, 0.4) is 0 Å². The molecule has 0 aromatic heterocycles. The lowest BCUT2D eigenvalue weighted by Crippen LogP contribution is -2.26. The number of benzene rings is 1. The van der Waals surface area contributed by atoms with Crippen molar-refractivity contribution in [2.45, 2.75) is 12.8 Å². The number of hydrogen-bond acceptors (Lipinski definition) is 3. The van der Waals surface area contributed by atoms with Crippen molar-refractivity contribution in [2.24, 2.45) is 5.92 Å². The Kier molecular flexibility index (Phi) is 3.36. The van der Waals surface area contributed by atoms with E-state index in [9.17, 15) is 9.59 Å². The fourth-order valence-corrected chi connectivity index (χ4v) is 2.24. The molecule has 4 heteroatoms. The number of anilines is 1. The Bertz CT molecular complexity index is 482. The van der Waals surface area contributed by atoms with Crippen molar-refractivity contribution in [1.82, 2.24) is 4.90 Å². The van der Waals surface area contributed by atoms with Crippen molar-refractivity contribution in [3.8, 4) is 0 Å². The van der Waals surface area contributed by atoms with Crippen LogP contribution < -0.4 is 4.90 Å². The lowest BCUT2D eigenvalue weighted by molar-refractivity contribution is -0.137. The van der Waals surface area contributed by atoms with E-state index in [1.807, 2.05) is 37.2 Å². The fourth-order valence-electron chi connectivity index (χ4n) is 2.24. The molecule has 0 N–H and O–H groups in total. The average Bonchev–Trinajstić information content (AvgIpc) is 2.57. The van der Waals surface area contributed by atoms with Crippen molar-refractivity contribution in [3.63, 3.8) is 0 Å². The number of likely N-dealkylation sites (tertiary alicyclic amines) is 1. The van der Waals surface area contributed by atoms with Crippen LogP contribution >= 0.6 is 0 Å². The molecule has 1 aromatic carbocycles. The third kappa shape index (κ3) is 2.37. The van der Waals surface area contributed by atoms with Crippen molar-refractivity contribution < 1.29 is 9.59 Å². The van der Waals surface area contributed by atoms with Crippen LogP contribution in [0.1, 0.15) is 12.0 Å². The van der Waals surface area contributed by atoms with Crippen molar-refractivity contribution >= 4 is 17.5 Å². The van der Waals surface area contributed by atoms with Crippen LogP contribution in [-0.4, -0.2) is 37.9 Å². The van der Waals surface area contributed by atoms with Gasteiger partial charge in [-0.1, -0.05) is 12.1 Å². The monoisotopic (exact) mass is 246 g/mol. The summed E-state index contributed by atoms with van der Waals surface area (Å²) in [6.45, 7) is 0. The first-order valence-electron chi connectivity index (χ1n) is 6.05. The third-order valence-corrected chi connectivity index (χ3v) is 3.38. The van der Waals surface area contributed by atoms with Gasteiger partial charge in [-0.3, -0.25) is 14.5 Å². The summed E-state index contributed by atoms with van der Waals surface area (Å²) in [4.78, 5) is 26.6. The Morgan fingerprint density at radius 3 is 2.61 bits per heavy atom. The van der Waals surface area contributed by atoms with Gasteiger partial charge in [0.1, 0.15) is 0 Å². The predicted molar refractivity (Wildman–Crippen MR) is 70.4 cm³/mol. The van der Waals surface area contributed by atoms with Crippen molar-refractivity contribution in [1.29, 1.82) is 0 Å². The standard InChI is InChI=1S/C14H18N2O2/c1-15(2)12-6-4-5-10(8-12)7-11-9-13(17)16(3)14(11)18/h4-6,8,11H,7,9H2,1-3H3. The third-order valence-electron chi connectivity index (χ3n) is 3.38. The van der Waals surface area contributed by atoms with E-state index in [4.69, 9.17) is 0 Å². The van der Waals surface area contributed by atoms with Gasteiger partial charge in [0.2, 0.25) is 11.8 Å².